The van der Waals surface area contributed by atoms with Crippen LogP contribution in [0, 0.1) is 0 Å². The number of nitrogen functional groups attached to an aromatic ring is 1. The van der Waals surface area contributed by atoms with Gasteiger partial charge in [-0.3, -0.25) is 10.1 Å². The molecule has 188 valence electrons. The van der Waals surface area contributed by atoms with Crippen molar-refractivity contribution in [2.24, 2.45) is 0 Å². The van der Waals surface area contributed by atoms with Gasteiger partial charge in [-0.25, -0.2) is 4.79 Å². The molecule has 2 amide bonds. The molecule has 2 atom stereocenters. The first-order valence-corrected chi connectivity index (χ1v) is 11.2. The zero-order chi connectivity index (χ0) is 25.8. The van der Waals surface area contributed by atoms with Gasteiger partial charge < -0.3 is 30.4 Å². The van der Waals surface area contributed by atoms with E-state index in [0.29, 0.717) is 28.4 Å². The number of aliphatic hydroxyl groups excluding tert-OH is 1. The lowest BCUT2D eigenvalue weighted by molar-refractivity contribution is -0.112. The van der Waals surface area contributed by atoms with E-state index in [0.717, 1.165) is 0 Å². The van der Waals surface area contributed by atoms with Gasteiger partial charge in [0.1, 0.15) is 18.5 Å². The maximum atomic E-state index is 12.7. The van der Waals surface area contributed by atoms with Crippen molar-refractivity contribution in [3.8, 4) is 5.75 Å². The van der Waals surface area contributed by atoms with Crippen LogP contribution >= 0.6 is 0 Å². The van der Waals surface area contributed by atoms with E-state index in [2.05, 4.69) is 10.6 Å². The van der Waals surface area contributed by atoms with Gasteiger partial charge in [0, 0.05) is 18.9 Å². The van der Waals surface area contributed by atoms with E-state index < -0.39 is 24.2 Å². The van der Waals surface area contributed by atoms with Crippen LogP contribution in [0.1, 0.15) is 11.7 Å². The Balaban J connectivity index is 1.78. The minimum atomic E-state index is -0.892. The van der Waals surface area contributed by atoms with Crippen molar-refractivity contribution in [2.45, 2.75) is 12.2 Å². The predicted octanol–water partition coefficient (Wildman–Crippen LogP) is 4.14. The zero-order valence-electron chi connectivity index (χ0n) is 19.8. The lowest BCUT2D eigenvalue weighted by Crippen LogP contribution is -2.27. The molecule has 0 unspecified atom stereocenters. The van der Waals surface area contributed by atoms with E-state index in [1.165, 1.54) is 19.3 Å². The lowest BCUT2D eigenvalue weighted by Gasteiger charge is -2.24. The molecule has 0 aliphatic rings. The minimum Gasteiger partial charge on any atom is -0.491 e. The number of carbonyl (C=O) groups is 2. The van der Waals surface area contributed by atoms with Crippen LogP contribution in [0.15, 0.2) is 91.0 Å². The number of anilines is 3. The molecule has 0 aliphatic carbocycles. The van der Waals surface area contributed by atoms with Gasteiger partial charge in [0.05, 0.1) is 18.0 Å². The highest BCUT2D eigenvalue weighted by Crippen LogP contribution is 2.27. The molecule has 0 radical (unpaired) electrons. The summed E-state index contributed by atoms with van der Waals surface area (Å²) < 4.78 is 16.7. The smallest absolute Gasteiger partial charge is 0.412 e. The molecule has 3 aromatic rings. The first-order chi connectivity index (χ1) is 17.5. The molecule has 9 heteroatoms. The molecular weight excluding hydrogens is 462 g/mol. The van der Waals surface area contributed by atoms with Gasteiger partial charge in [-0.1, -0.05) is 42.5 Å². The summed E-state index contributed by atoms with van der Waals surface area (Å²) in [6.45, 7) is 0.0453. The van der Waals surface area contributed by atoms with E-state index in [1.54, 1.807) is 72.8 Å². The average Bonchev–Trinajstić information content (AvgIpc) is 2.89. The number of benzene rings is 3. The number of ether oxygens (including phenoxy) is 3. The van der Waals surface area contributed by atoms with Crippen LogP contribution in [0.4, 0.5) is 21.9 Å². The summed E-state index contributed by atoms with van der Waals surface area (Å²) in [7, 11) is 1.45. The lowest BCUT2D eigenvalue weighted by atomic mass is 10.0. The normalized spacial score (nSPS) is 12.5. The Bertz CT molecular complexity index is 1150. The first-order valence-electron chi connectivity index (χ1n) is 11.2. The van der Waals surface area contributed by atoms with Crippen molar-refractivity contribution in [3.63, 3.8) is 0 Å². The minimum absolute atomic E-state index is 0.111. The number of methoxy groups -OCH3 is 1. The van der Waals surface area contributed by atoms with Crippen LogP contribution in [0.3, 0.4) is 0 Å². The largest absolute Gasteiger partial charge is 0.491 e. The third-order valence-corrected chi connectivity index (χ3v) is 5.05. The molecule has 0 fully saturated rings. The molecule has 0 saturated heterocycles. The van der Waals surface area contributed by atoms with Crippen molar-refractivity contribution in [3.05, 3.63) is 96.6 Å². The van der Waals surface area contributed by atoms with Crippen LogP contribution in [0.25, 0.3) is 0 Å². The van der Waals surface area contributed by atoms with E-state index in [9.17, 15) is 9.59 Å². The summed E-state index contributed by atoms with van der Waals surface area (Å²) >= 11 is 0. The highest BCUT2D eigenvalue weighted by atomic mass is 16.6. The number of para-hydroxylation sites is 3. The first kappa shape index (κ1) is 26.3. The fraction of sp³-hybridized carbons (Fsp3) is 0.185. The van der Waals surface area contributed by atoms with Gasteiger partial charge in [0.15, 0.2) is 6.10 Å². The van der Waals surface area contributed by atoms with Crippen LogP contribution in [-0.4, -0.2) is 43.5 Å². The molecule has 0 aromatic heterocycles. The van der Waals surface area contributed by atoms with Crippen molar-refractivity contribution in [2.75, 3.05) is 36.7 Å². The fourth-order valence-corrected chi connectivity index (χ4v) is 3.30. The number of hydrogen-bond donors (Lipinski definition) is 4. The number of rotatable bonds is 11. The van der Waals surface area contributed by atoms with E-state index in [1.807, 2.05) is 6.07 Å². The van der Waals surface area contributed by atoms with Crippen molar-refractivity contribution < 1.29 is 28.9 Å². The number of amides is 2. The summed E-state index contributed by atoms with van der Waals surface area (Å²) in [5, 5.41) is 14.3. The second-order valence-electron chi connectivity index (χ2n) is 7.59. The third kappa shape index (κ3) is 7.86. The molecule has 5 N–H and O–H groups in total. The second-order valence-corrected chi connectivity index (χ2v) is 7.59. The van der Waals surface area contributed by atoms with Crippen LogP contribution in [0.5, 0.6) is 5.75 Å². The second kappa shape index (κ2) is 13.5. The molecule has 0 saturated carbocycles. The molecular formula is C27H29N3O6. The monoisotopic (exact) mass is 491 g/mol. The number of nitrogens with one attached hydrogen (secondary N) is 2. The maximum Gasteiger partial charge on any atom is 0.412 e. The molecule has 3 rings (SSSR count). The summed E-state index contributed by atoms with van der Waals surface area (Å²) in [6, 6.07) is 22.6. The third-order valence-electron chi connectivity index (χ3n) is 5.05. The maximum absolute atomic E-state index is 12.7. The van der Waals surface area contributed by atoms with E-state index in [4.69, 9.17) is 25.1 Å². The molecule has 3 aromatic carbocycles. The van der Waals surface area contributed by atoms with Gasteiger partial charge >= 0.3 is 6.09 Å². The molecule has 0 aliphatic heterocycles. The van der Waals surface area contributed by atoms with Gasteiger partial charge in [-0.05, 0) is 48.0 Å². The highest BCUT2D eigenvalue weighted by molar-refractivity contribution is 6.01. The predicted molar refractivity (Wildman–Crippen MR) is 138 cm³/mol. The summed E-state index contributed by atoms with van der Waals surface area (Å²) in [4.78, 5) is 25.2. The summed E-state index contributed by atoms with van der Waals surface area (Å²) in [5.74, 6) is 0.125. The number of hydrogen-bond acceptors (Lipinski definition) is 7. The van der Waals surface area contributed by atoms with Gasteiger partial charge in [-0.15, -0.1) is 0 Å². The number of nitrogens with two attached hydrogens (primary N) is 1. The standard InChI is InChI=1S/C27H29N3O6/c1-34-24(15-16-25(32)30-23-10-6-5-9-22(23)28)26(19-11-13-21(14-12-19)35-18-17-31)36-27(33)29-20-7-3-2-4-8-20/h2-16,24,26,31H,17-18,28H2,1H3,(H,29,33)(H,30,32)/b16-15+/t24-,26-/m1/s1. The van der Waals surface area contributed by atoms with E-state index in [-0.39, 0.29) is 13.2 Å². The Morgan fingerprint density at radius 1 is 0.972 bits per heavy atom. The topological polar surface area (TPSA) is 132 Å². The quantitative estimate of drug-likeness (QED) is 0.234. The van der Waals surface area contributed by atoms with Gasteiger partial charge in [0.25, 0.3) is 0 Å². The highest BCUT2D eigenvalue weighted by Gasteiger charge is 2.26. The summed E-state index contributed by atoms with van der Waals surface area (Å²) in [6.07, 6.45) is 0.422. The summed E-state index contributed by atoms with van der Waals surface area (Å²) in [5.41, 5.74) is 7.98. The number of carbonyl (C=O) groups excluding carboxylic acids is 2. The van der Waals surface area contributed by atoms with Crippen molar-refractivity contribution in [1.29, 1.82) is 0 Å². The molecule has 0 spiro atoms. The fourth-order valence-electron chi connectivity index (χ4n) is 3.30. The van der Waals surface area contributed by atoms with Crippen LogP contribution in [0.2, 0.25) is 0 Å². The van der Waals surface area contributed by atoms with Crippen molar-refractivity contribution >= 4 is 29.1 Å². The van der Waals surface area contributed by atoms with Crippen molar-refractivity contribution in [1.82, 2.24) is 0 Å². The SMILES string of the molecule is CO[C@H](/C=C/C(=O)Nc1ccccc1N)[C@H](OC(=O)Nc1ccccc1)c1ccc(OCCO)cc1. The molecule has 0 bridgehead atoms. The Morgan fingerprint density at radius 3 is 2.33 bits per heavy atom. The average molecular weight is 492 g/mol. The Kier molecular flexibility index (Phi) is 9.87. The van der Waals surface area contributed by atoms with Crippen LogP contribution in [-0.2, 0) is 14.3 Å². The molecule has 36 heavy (non-hydrogen) atoms. The molecule has 9 nitrogen and oxygen atoms in total. The Morgan fingerprint density at radius 2 is 1.67 bits per heavy atom. The zero-order valence-corrected chi connectivity index (χ0v) is 19.8. The molecule has 0 heterocycles. The Labute approximate surface area is 209 Å². The van der Waals surface area contributed by atoms with Gasteiger partial charge in [0.2, 0.25) is 5.91 Å². The van der Waals surface area contributed by atoms with E-state index >= 15 is 0 Å². The number of aliphatic hydroxyl groups is 1. The van der Waals surface area contributed by atoms with Gasteiger partial charge in [-0.2, -0.15) is 0 Å². The Hall–Kier alpha value is -4.34. The van der Waals surface area contributed by atoms with Crippen LogP contribution < -0.4 is 21.1 Å².